The maximum Gasteiger partial charge on any atom is 0.309 e. The first kappa shape index (κ1) is 12.9. The van der Waals surface area contributed by atoms with Gasteiger partial charge < -0.3 is 5.11 Å². The summed E-state index contributed by atoms with van der Waals surface area (Å²) in [5.41, 5.74) is -0.345. The third-order valence-electron chi connectivity index (χ3n) is 5.42. The van der Waals surface area contributed by atoms with Crippen molar-refractivity contribution in [2.75, 3.05) is 0 Å². The topological polar surface area (TPSA) is 37.3 Å². The lowest BCUT2D eigenvalue weighted by Gasteiger charge is -2.39. The maximum atomic E-state index is 11.6. The lowest BCUT2D eigenvalue weighted by molar-refractivity contribution is -0.153. The first-order valence-electron chi connectivity index (χ1n) is 7.29. The van der Waals surface area contributed by atoms with Gasteiger partial charge in [-0.25, -0.2) is 0 Å². The molecule has 0 radical (unpaired) electrons. The molecule has 0 spiro atoms. The second kappa shape index (κ2) is 4.99. The molecule has 0 saturated heterocycles. The van der Waals surface area contributed by atoms with Gasteiger partial charge in [0, 0.05) is 0 Å². The van der Waals surface area contributed by atoms with E-state index in [1.165, 1.54) is 12.8 Å². The van der Waals surface area contributed by atoms with E-state index < -0.39 is 5.97 Å². The molecule has 0 aliphatic heterocycles. The van der Waals surface area contributed by atoms with Gasteiger partial charge in [0.1, 0.15) is 0 Å². The monoisotopic (exact) mass is 238 g/mol. The molecule has 2 saturated carbocycles. The first-order chi connectivity index (χ1) is 8.06. The number of carboxylic acids is 1. The lowest BCUT2D eigenvalue weighted by Crippen LogP contribution is -2.38. The molecule has 0 atom stereocenters. The third-order valence-corrected chi connectivity index (χ3v) is 5.42. The van der Waals surface area contributed by atoms with Crippen LogP contribution in [0.1, 0.15) is 65.2 Å². The molecule has 17 heavy (non-hydrogen) atoms. The minimum absolute atomic E-state index is 0.345. The van der Waals surface area contributed by atoms with Crippen LogP contribution < -0.4 is 0 Å². The quantitative estimate of drug-likeness (QED) is 0.804. The molecule has 2 rings (SSSR count). The molecule has 2 aliphatic carbocycles. The molecule has 0 aromatic rings. The first-order valence-corrected chi connectivity index (χ1v) is 7.29. The van der Waals surface area contributed by atoms with E-state index in [0.717, 1.165) is 50.4 Å². The van der Waals surface area contributed by atoms with E-state index in [4.69, 9.17) is 0 Å². The Morgan fingerprint density at radius 2 is 1.65 bits per heavy atom. The van der Waals surface area contributed by atoms with Crippen LogP contribution in [-0.2, 0) is 4.79 Å². The minimum Gasteiger partial charge on any atom is -0.481 e. The Morgan fingerprint density at radius 1 is 1.12 bits per heavy atom. The second-order valence-corrected chi connectivity index (χ2v) is 6.52. The summed E-state index contributed by atoms with van der Waals surface area (Å²) >= 11 is 0. The Morgan fingerprint density at radius 3 is 2.06 bits per heavy atom. The molecule has 0 unspecified atom stereocenters. The van der Waals surface area contributed by atoms with E-state index in [1.807, 2.05) is 0 Å². The molecule has 98 valence electrons. The molecule has 0 amide bonds. The summed E-state index contributed by atoms with van der Waals surface area (Å²) in [6, 6.07) is 0. The van der Waals surface area contributed by atoms with Crippen molar-refractivity contribution in [3.8, 4) is 0 Å². The highest BCUT2D eigenvalue weighted by atomic mass is 16.4. The van der Waals surface area contributed by atoms with E-state index in [2.05, 4.69) is 13.8 Å². The van der Waals surface area contributed by atoms with Gasteiger partial charge in [0.05, 0.1) is 5.41 Å². The molecule has 2 heteroatoms. The standard InChI is InChI=1S/C15H26O2/c1-11(2)12-5-7-13(8-6-12)15(14(16)17)9-3-4-10-15/h11-13H,3-10H2,1-2H3,(H,16,17). The summed E-state index contributed by atoms with van der Waals surface area (Å²) in [7, 11) is 0. The third kappa shape index (κ3) is 2.36. The van der Waals surface area contributed by atoms with Crippen molar-refractivity contribution >= 4 is 5.97 Å². The summed E-state index contributed by atoms with van der Waals surface area (Å²) in [5, 5.41) is 9.59. The molecule has 0 aromatic heterocycles. The van der Waals surface area contributed by atoms with E-state index in [9.17, 15) is 9.90 Å². The number of hydrogen-bond donors (Lipinski definition) is 1. The fourth-order valence-corrected chi connectivity index (χ4v) is 4.14. The molecule has 2 fully saturated rings. The van der Waals surface area contributed by atoms with Gasteiger partial charge in [-0.15, -0.1) is 0 Å². The predicted molar refractivity (Wildman–Crippen MR) is 68.8 cm³/mol. The zero-order valence-corrected chi connectivity index (χ0v) is 11.2. The van der Waals surface area contributed by atoms with Gasteiger partial charge in [-0.1, -0.05) is 26.7 Å². The predicted octanol–water partition coefficient (Wildman–Crippen LogP) is 4.09. The van der Waals surface area contributed by atoms with Crippen molar-refractivity contribution in [2.45, 2.75) is 65.2 Å². The summed E-state index contributed by atoms with van der Waals surface area (Å²) in [5.74, 6) is 1.54. The van der Waals surface area contributed by atoms with E-state index in [-0.39, 0.29) is 5.41 Å². The van der Waals surface area contributed by atoms with E-state index in [0.29, 0.717) is 5.92 Å². The van der Waals surface area contributed by atoms with Crippen LogP contribution in [0.4, 0.5) is 0 Å². The average molecular weight is 238 g/mol. The highest BCUT2D eigenvalue weighted by Gasteiger charge is 2.48. The number of aliphatic carboxylic acids is 1. The Bertz CT molecular complexity index is 269. The fourth-order valence-electron chi connectivity index (χ4n) is 4.14. The Hall–Kier alpha value is -0.530. The SMILES string of the molecule is CC(C)C1CCC(C2(C(=O)O)CCCC2)CC1. The van der Waals surface area contributed by atoms with Crippen molar-refractivity contribution < 1.29 is 9.90 Å². The largest absolute Gasteiger partial charge is 0.481 e. The van der Waals surface area contributed by atoms with Crippen LogP contribution in [0.2, 0.25) is 0 Å². The smallest absolute Gasteiger partial charge is 0.309 e. The minimum atomic E-state index is -0.511. The van der Waals surface area contributed by atoms with Crippen LogP contribution >= 0.6 is 0 Å². The molecule has 0 heterocycles. The Kier molecular flexibility index (Phi) is 3.79. The van der Waals surface area contributed by atoms with Crippen LogP contribution in [0.3, 0.4) is 0 Å². The summed E-state index contributed by atoms with van der Waals surface area (Å²) in [6.07, 6.45) is 8.89. The van der Waals surface area contributed by atoms with Gasteiger partial charge in [0.15, 0.2) is 0 Å². The number of carbonyl (C=O) groups is 1. The molecular weight excluding hydrogens is 212 g/mol. The highest BCUT2D eigenvalue weighted by molar-refractivity contribution is 5.75. The lowest BCUT2D eigenvalue weighted by atomic mass is 9.64. The summed E-state index contributed by atoms with van der Waals surface area (Å²) in [6.45, 7) is 4.60. The molecule has 0 bridgehead atoms. The molecule has 2 nitrogen and oxygen atoms in total. The van der Waals surface area contributed by atoms with Crippen LogP contribution in [0, 0.1) is 23.2 Å². The molecule has 2 aliphatic rings. The fraction of sp³-hybridized carbons (Fsp3) is 0.933. The molecule has 1 N–H and O–H groups in total. The van der Waals surface area contributed by atoms with Gasteiger partial charge in [-0.05, 0) is 56.3 Å². The van der Waals surface area contributed by atoms with Gasteiger partial charge in [-0.3, -0.25) is 4.79 Å². The number of rotatable bonds is 3. The summed E-state index contributed by atoms with van der Waals surface area (Å²) < 4.78 is 0. The molecular formula is C15H26O2. The van der Waals surface area contributed by atoms with E-state index in [1.54, 1.807) is 0 Å². The van der Waals surface area contributed by atoms with E-state index >= 15 is 0 Å². The van der Waals surface area contributed by atoms with Gasteiger partial charge in [0.2, 0.25) is 0 Å². The maximum absolute atomic E-state index is 11.6. The number of hydrogen-bond acceptors (Lipinski definition) is 1. The normalized spacial score (nSPS) is 32.9. The van der Waals surface area contributed by atoms with Crippen molar-refractivity contribution in [1.29, 1.82) is 0 Å². The van der Waals surface area contributed by atoms with Gasteiger partial charge >= 0.3 is 5.97 Å². The van der Waals surface area contributed by atoms with Crippen LogP contribution in [0.15, 0.2) is 0 Å². The zero-order valence-electron chi connectivity index (χ0n) is 11.2. The van der Waals surface area contributed by atoms with Gasteiger partial charge in [-0.2, -0.15) is 0 Å². The highest BCUT2D eigenvalue weighted by Crippen LogP contribution is 2.51. The second-order valence-electron chi connectivity index (χ2n) is 6.52. The van der Waals surface area contributed by atoms with Crippen molar-refractivity contribution in [3.05, 3.63) is 0 Å². The Labute approximate surface area is 105 Å². The number of carboxylic acid groups (broad SMARTS) is 1. The van der Waals surface area contributed by atoms with Crippen LogP contribution in [0.25, 0.3) is 0 Å². The van der Waals surface area contributed by atoms with Crippen LogP contribution in [0.5, 0.6) is 0 Å². The molecule has 0 aromatic carbocycles. The average Bonchev–Trinajstić information content (AvgIpc) is 2.79. The van der Waals surface area contributed by atoms with Crippen molar-refractivity contribution in [2.24, 2.45) is 23.2 Å². The van der Waals surface area contributed by atoms with Crippen LogP contribution in [-0.4, -0.2) is 11.1 Å². The Balaban J connectivity index is 2.01. The van der Waals surface area contributed by atoms with Gasteiger partial charge in [0.25, 0.3) is 0 Å². The summed E-state index contributed by atoms with van der Waals surface area (Å²) in [4.78, 5) is 11.6. The van der Waals surface area contributed by atoms with Crippen molar-refractivity contribution in [1.82, 2.24) is 0 Å². The van der Waals surface area contributed by atoms with Crippen molar-refractivity contribution in [3.63, 3.8) is 0 Å². The zero-order chi connectivity index (χ0) is 12.5.